The number of rotatable bonds is 0. The Labute approximate surface area is 248 Å². The second-order valence-corrected chi connectivity index (χ2v) is 14.6. The molecule has 2 spiro atoms. The van der Waals surface area contributed by atoms with E-state index >= 15 is 0 Å². The number of hydrogen-bond acceptors (Lipinski definition) is 6. The van der Waals surface area contributed by atoms with Gasteiger partial charge in [0.15, 0.2) is 11.9 Å². The van der Waals surface area contributed by atoms with E-state index in [1.54, 1.807) is 0 Å². The van der Waals surface area contributed by atoms with Gasteiger partial charge in [-0.15, -0.1) is 0 Å². The Morgan fingerprint density at radius 2 is 1.45 bits per heavy atom. The lowest BCUT2D eigenvalue weighted by Gasteiger charge is -2.57. The number of aryl methyl sites for hydroxylation is 2. The van der Waals surface area contributed by atoms with Crippen LogP contribution in [0.25, 0.3) is 0 Å². The van der Waals surface area contributed by atoms with Crippen LogP contribution in [0.3, 0.4) is 0 Å². The second-order valence-electron chi connectivity index (χ2n) is 14.6. The molecule has 0 aromatic heterocycles. The minimum absolute atomic E-state index is 0.000278. The summed E-state index contributed by atoms with van der Waals surface area (Å²) < 4.78 is 12.6. The van der Waals surface area contributed by atoms with Crippen LogP contribution in [0.1, 0.15) is 59.1 Å². The molecule has 42 heavy (non-hydrogen) atoms. The minimum Gasteiger partial charge on any atom is -0.486 e. The maximum absolute atomic E-state index is 12.6. The summed E-state index contributed by atoms with van der Waals surface area (Å²) in [6.07, 6.45) is 9.56. The smallest absolute Gasteiger partial charge is 0.174 e. The van der Waals surface area contributed by atoms with Gasteiger partial charge < -0.3 is 24.4 Å². The summed E-state index contributed by atoms with van der Waals surface area (Å²) in [5, 5.41) is 10.5. The maximum Gasteiger partial charge on any atom is 0.174 e. The van der Waals surface area contributed by atoms with E-state index in [4.69, 9.17) is 9.47 Å². The van der Waals surface area contributed by atoms with Crippen molar-refractivity contribution in [1.82, 2.24) is 9.80 Å². The summed E-state index contributed by atoms with van der Waals surface area (Å²) in [6.45, 7) is 6.42. The molecule has 1 N–H and O–H groups in total. The Morgan fingerprint density at radius 1 is 0.833 bits per heavy atom. The average Bonchev–Trinajstić information content (AvgIpc) is 3.52. The largest absolute Gasteiger partial charge is 0.486 e. The molecule has 4 heterocycles. The number of Topliss-reactive ketones (excluding diaryl/α,β-unsaturated/α-hetero) is 1. The van der Waals surface area contributed by atoms with Crippen molar-refractivity contribution >= 4 is 5.78 Å². The zero-order valence-corrected chi connectivity index (χ0v) is 25.2. The lowest BCUT2D eigenvalue weighted by molar-refractivity contribution is -0.138. The van der Waals surface area contributed by atoms with Crippen molar-refractivity contribution in [2.24, 2.45) is 11.8 Å². The summed E-state index contributed by atoms with van der Waals surface area (Å²) in [7, 11) is 4.49. The molecule has 10 rings (SSSR count). The highest BCUT2D eigenvalue weighted by Crippen LogP contribution is 2.63. The molecule has 9 atom stereocenters. The highest BCUT2D eigenvalue weighted by Gasteiger charge is 2.66. The third-order valence-electron chi connectivity index (χ3n) is 13.0. The van der Waals surface area contributed by atoms with E-state index in [1.807, 2.05) is 6.08 Å². The number of benzene rings is 2. The fraction of sp³-hybridized carbons (Fsp3) is 0.583. The molecule has 2 saturated heterocycles. The zero-order chi connectivity index (χ0) is 28.7. The molecule has 0 amide bonds. The van der Waals surface area contributed by atoms with E-state index < -0.39 is 6.10 Å². The van der Waals surface area contributed by atoms with Crippen molar-refractivity contribution in [1.29, 1.82) is 0 Å². The molecule has 2 aromatic rings. The van der Waals surface area contributed by atoms with Crippen LogP contribution >= 0.6 is 0 Å². The van der Waals surface area contributed by atoms with Crippen LogP contribution in [0.4, 0.5) is 0 Å². The van der Waals surface area contributed by atoms with Crippen molar-refractivity contribution in [2.75, 3.05) is 27.2 Å². The molecule has 1 saturated carbocycles. The van der Waals surface area contributed by atoms with Crippen LogP contribution in [0, 0.1) is 25.7 Å². The first kappa shape index (κ1) is 25.8. The Kier molecular flexibility index (Phi) is 5.21. The summed E-state index contributed by atoms with van der Waals surface area (Å²) in [5.74, 6) is 3.50. The molecule has 3 fully saturated rings. The third-order valence-corrected chi connectivity index (χ3v) is 13.0. The first-order chi connectivity index (χ1) is 20.3. The molecular formula is C36H42N2O4. The van der Waals surface area contributed by atoms with E-state index in [9.17, 15) is 9.90 Å². The highest BCUT2D eigenvalue weighted by molar-refractivity contribution is 5.89. The number of piperidine rings is 2. The van der Waals surface area contributed by atoms with Gasteiger partial charge in [0.25, 0.3) is 0 Å². The van der Waals surface area contributed by atoms with Gasteiger partial charge in [0.1, 0.15) is 23.7 Å². The molecule has 2 aromatic carbocycles. The van der Waals surface area contributed by atoms with Crippen molar-refractivity contribution in [2.45, 2.75) is 93.6 Å². The van der Waals surface area contributed by atoms with Crippen molar-refractivity contribution in [3.8, 4) is 11.5 Å². The van der Waals surface area contributed by atoms with Crippen LogP contribution in [0.5, 0.6) is 11.5 Å². The number of likely N-dealkylation sites (tertiary alicyclic amines) is 2. The summed E-state index contributed by atoms with van der Waals surface area (Å²) in [6, 6.07) is 10.0. The molecule has 8 aliphatic rings. The Hall–Kier alpha value is -2.67. The molecule has 4 aliphatic carbocycles. The molecule has 6 nitrogen and oxygen atoms in total. The number of carbonyl (C=O) groups excluding carboxylic acids is 1. The molecule has 4 aliphatic heterocycles. The van der Waals surface area contributed by atoms with E-state index in [2.05, 4.69) is 68.1 Å². The molecule has 220 valence electrons. The second kappa shape index (κ2) is 8.49. The van der Waals surface area contributed by atoms with Crippen LogP contribution in [0.15, 0.2) is 36.4 Å². The predicted molar refractivity (Wildman–Crippen MR) is 160 cm³/mol. The number of nitrogens with zero attached hydrogens (tertiary/aromatic N) is 2. The maximum atomic E-state index is 12.6. The number of aliphatic hydroxyl groups excluding tert-OH is 1. The van der Waals surface area contributed by atoms with Gasteiger partial charge in [0.05, 0.1) is 0 Å². The Morgan fingerprint density at radius 3 is 2.19 bits per heavy atom. The molecular weight excluding hydrogens is 524 g/mol. The number of aliphatic hydroxyl groups is 1. The monoisotopic (exact) mass is 566 g/mol. The standard InChI is InChI=1S/2C18H21NO2/c2*1-10-3-4-11-9-13-12-5-6-14(20)17-18(12,7-8-19(13)2)15(11)16(10)21-17/h3-4,12-13,17H,5-9H2,1-2H3;3-6,12-14,17,20H,7-9H2,1-2H3. The van der Waals surface area contributed by atoms with Crippen molar-refractivity contribution in [3.05, 3.63) is 69.8 Å². The number of likely N-dealkylation sites (N-methyl/N-ethyl adjacent to an activating group) is 2. The molecule has 9 unspecified atom stereocenters. The number of ketones is 1. The normalized spacial score (nSPS) is 41.3. The highest BCUT2D eigenvalue weighted by atomic mass is 16.5. The topological polar surface area (TPSA) is 62.2 Å². The number of hydrogen-bond donors (Lipinski definition) is 1. The lowest BCUT2D eigenvalue weighted by atomic mass is 9.51. The van der Waals surface area contributed by atoms with Crippen LogP contribution in [0.2, 0.25) is 0 Å². The van der Waals surface area contributed by atoms with Crippen LogP contribution in [-0.4, -0.2) is 78.3 Å². The van der Waals surface area contributed by atoms with Crippen LogP contribution in [-0.2, 0) is 28.5 Å². The van der Waals surface area contributed by atoms with Gasteiger partial charge in [0.2, 0.25) is 0 Å². The Bertz CT molecular complexity index is 1550. The first-order valence-corrected chi connectivity index (χ1v) is 16.1. The number of carbonyl (C=O) groups is 1. The lowest BCUT2D eigenvalue weighted by Crippen LogP contribution is -2.65. The van der Waals surface area contributed by atoms with Gasteiger partial charge in [-0.25, -0.2) is 0 Å². The van der Waals surface area contributed by atoms with Gasteiger partial charge in [0, 0.05) is 46.4 Å². The van der Waals surface area contributed by atoms with Crippen molar-refractivity contribution < 1.29 is 19.4 Å². The SMILES string of the molecule is Cc1ccc2c3c1OC1C(=O)CCC4C(C2)N(C)CCC314.Cc1ccc2c3c1OC1C(O)C=CC4C(C2)N(C)CCC341. The van der Waals surface area contributed by atoms with Gasteiger partial charge in [-0.1, -0.05) is 36.4 Å². The van der Waals surface area contributed by atoms with Gasteiger partial charge >= 0.3 is 0 Å². The fourth-order valence-corrected chi connectivity index (χ4v) is 11.1. The number of ether oxygens (including phenoxy) is 2. The minimum atomic E-state index is -0.483. The van der Waals surface area contributed by atoms with Crippen molar-refractivity contribution in [3.63, 3.8) is 0 Å². The predicted octanol–water partition coefficient (Wildman–Crippen LogP) is 4.03. The van der Waals surface area contributed by atoms with E-state index in [0.29, 0.717) is 36.1 Å². The zero-order valence-electron chi connectivity index (χ0n) is 25.2. The van der Waals surface area contributed by atoms with Gasteiger partial charge in [-0.2, -0.15) is 0 Å². The van der Waals surface area contributed by atoms with Crippen LogP contribution < -0.4 is 9.47 Å². The summed E-state index contributed by atoms with van der Waals surface area (Å²) in [4.78, 5) is 17.6. The van der Waals surface area contributed by atoms with E-state index in [-0.39, 0.29) is 23.0 Å². The average molecular weight is 567 g/mol. The molecule has 0 radical (unpaired) electrons. The Balaban J connectivity index is 0.000000119. The first-order valence-electron chi connectivity index (χ1n) is 16.1. The van der Waals surface area contributed by atoms with Gasteiger partial charge in [-0.05, 0) is 101 Å². The van der Waals surface area contributed by atoms with E-state index in [1.165, 1.54) is 33.4 Å². The quantitative estimate of drug-likeness (QED) is 0.486. The fourth-order valence-electron chi connectivity index (χ4n) is 11.1. The van der Waals surface area contributed by atoms with Gasteiger partial charge in [-0.3, -0.25) is 4.79 Å². The molecule has 6 heteroatoms. The summed E-state index contributed by atoms with van der Waals surface area (Å²) >= 11 is 0. The molecule has 4 bridgehead atoms. The van der Waals surface area contributed by atoms with E-state index in [0.717, 1.165) is 56.7 Å². The third kappa shape index (κ3) is 2.95. The summed E-state index contributed by atoms with van der Waals surface area (Å²) in [5.41, 5.74) is 8.10.